The minimum Gasteiger partial charge on any atom is -0.374 e. The van der Waals surface area contributed by atoms with Gasteiger partial charge in [0.15, 0.2) is 0 Å². The van der Waals surface area contributed by atoms with Gasteiger partial charge in [-0.15, -0.1) is 0 Å². The first-order chi connectivity index (χ1) is 7.41. The summed E-state index contributed by atoms with van der Waals surface area (Å²) >= 11 is 0. The topological polar surface area (TPSA) is 32.3 Å². The molecule has 0 bridgehead atoms. The largest absolute Gasteiger partial charge is 0.418 e. The lowest BCUT2D eigenvalue weighted by atomic mass is 10.1. The Kier molecular flexibility index (Phi) is 2.29. The zero-order chi connectivity index (χ0) is 11.9. The lowest BCUT2D eigenvalue weighted by molar-refractivity contribution is -0.137. The molecule has 0 saturated carbocycles. The molecule has 0 spiro atoms. The van der Waals surface area contributed by atoms with Gasteiger partial charge in [0, 0.05) is 7.05 Å². The van der Waals surface area contributed by atoms with Crippen LogP contribution in [0.4, 0.5) is 24.5 Å². The van der Waals surface area contributed by atoms with E-state index < -0.39 is 11.7 Å². The second kappa shape index (κ2) is 3.40. The summed E-state index contributed by atoms with van der Waals surface area (Å²) < 4.78 is 38.0. The molecule has 1 aliphatic rings. The number of alkyl halides is 3. The van der Waals surface area contributed by atoms with E-state index in [1.54, 1.807) is 0 Å². The summed E-state index contributed by atoms with van der Waals surface area (Å²) in [5, 5.41) is 2.51. The Morgan fingerprint density at radius 1 is 1.38 bits per heavy atom. The second-order valence-electron chi connectivity index (χ2n) is 3.50. The molecule has 0 radical (unpaired) electrons. The third-order valence-electron chi connectivity index (χ3n) is 2.50. The van der Waals surface area contributed by atoms with E-state index in [9.17, 15) is 18.0 Å². The Bertz CT molecular complexity index is 442. The molecule has 1 N–H and O–H groups in total. The number of carbonyl (C=O) groups excluding carboxylic acids is 1. The second-order valence-corrected chi connectivity index (χ2v) is 3.50. The molecule has 1 aromatic rings. The van der Waals surface area contributed by atoms with Crippen LogP contribution in [0.15, 0.2) is 18.2 Å². The van der Waals surface area contributed by atoms with Gasteiger partial charge in [-0.05, 0) is 12.1 Å². The average molecular weight is 230 g/mol. The molecule has 1 aromatic carbocycles. The normalized spacial score (nSPS) is 15.8. The standard InChI is InChI=1S/C10H9F3N2O/c1-15-7-4-2-3-6(10(11,12)13)9(7)14-5-8(15)16/h2-4,14H,5H2,1H3. The van der Waals surface area contributed by atoms with Gasteiger partial charge in [0.05, 0.1) is 23.5 Å². The first kappa shape index (κ1) is 10.8. The summed E-state index contributed by atoms with van der Waals surface area (Å²) in [7, 11) is 1.46. The Morgan fingerprint density at radius 3 is 2.69 bits per heavy atom. The monoisotopic (exact) mass is 230 g/mol. The Morgan fingerprint density at radius 2 is 2.06 bits per heavy atom. The first-order valence-electron chi connectivity index (χ1n) is 4.62. The quantitative estimate of drug-likeness (QED) is 0.740. The number of para-hydroxylation sites is 1. The predicted molar refractivity (Wildman–Crippen MR) is 53.3 cm³/mol. The maximum Gasteiger partial charge on any atom is 0.418 e. The molecule has 2 rings (SSSR count). The predicted octanol–water partition coefficient (Wildman–Crippen LogP) is 2.09. The summed E-state index contributed by atoms with van der Waals surface area (Å²) in [6.07, 6.45) is -4.42. The van der Waals surface area contributed by atoms with Crippen molar-refractivity contribution in [2.75, 3.05) is 23.8 Å². The maximum atomic E-state index is 12.7. The van der Waals surface area contributed by atoms with E-state index in [0.717, 1.165) is 6.07 Å². The number of fused-ring (bicyclic) bond motifs is 1. The zero-order valence-corrected chi connectivity index (χ0v) is 8.43. The van der Waals surface area contributed by atoms with Crippen molar-refractivity contribution >= 4 is 17.3 Å². The van der Waals surface area contributed by atoms with Crippen molar-refractivity contribution in [2.45, 2.75) is 6.18 Å². The Labute approximate surface area is 89.9 Å². The number of rotatable bonds is 0. The molecule has 3 nitrogen and oxygen atoms in total. The smallest absolute Gasteiger partial charge is 0.374 e. The van der Waals surface area contributed by atoms with Crippen molar-refractivity contribution in [3.8, 4) is 0 Å². The molecule has 0 fully saturated rings. The van der Waals surface area contributed by atoms with Crippen molar-refractivity contribution in [3.05, 3.63) is 23.8 Å². The van der Waals surface area contributed by atoms with Crippen molar-refractivity contribution < 1.29 is 18.0 Å². The van der Waals surface area contributed by atoms with E-state index in [1.165, 1.54) is 24.1 Å². The van der Waals surface area contributed by atoms with Crippen molar-refractivity contribution in [3.63, 3.8) is 0 Å². The van der Waals surface area contributed by atoms with Crippen LogP contribution in [-0.2, 0) is 11.0 Å². The average Bonchev–Trinajstić information content (AvgIpc) is 2.21. The lowest BCUT2D eigenvalue weighted by Gasteiger charge is -2.28. The number of nitrogens with one attached hydrogen (secondary N) is 1. The van der Waals surface area contributed by atoms with Crippen LogP contribution >= 0.6 is 0 Å². The molecule has 1 amide bonds. The summed E-state index contributed by atoms with van der Waals surface area (Å²) in [6, 6.07) is 3.77. The third-order valence-corrected chi connectivity index (χ3v) is 2.50. The van der Waals surface area contributed by atoms with E-state index in [4.69, 9.17) is 0 Å². The van der Waals surface area contributed by atoms with Gasteiger partial charge >= 0.3 is 6.18 Å². The summed E-state index contributed by atoms with van der Waals surface area (Å²) in [6.45, 7) is -0.114. The minimum atomic E-state index is -4.42. The van der Waals surface area contributed by atoms with Crippen LogP contribution in [0.25, 0.3) is 0 Å². The molecule has 0 aliphatic carbocycles. The zero-order valence-electron chi connectivity index (χ0n) is 8.43. The van der Waals surface area contributed by atoms with Crippen LogP contribution in [0.3, 0.4) is 0 Å². The number of anilines is 2. The van der Waals surface area contributed by atoms with Gasteiger partial charge in [-0.3, -0.25) is 4.79 Å². The van der Waals surface area contributed by atoms with E-state index in [1.807, 2.05) is 0 Å². The van der Waals surface area contributed by atoms with Crippen LogP contribution in [0, 0.1) is 0 Å². The van der Waals surface area contributed by atoms with Crippen LogP contribution in [0.5, 0.6) is 0 Å². The van der Waals surface area contributed by atoms with Crippen LogP contribution < -0.4 is 10.2 Å². The highest BCUT2D eigenvalue weighted by Crippen LogP contribution is 2.40. The van der Waals surface area contributed by atoms with Gasteiger partial charge in [0.25, 0.3) is 0 Å². The number of likely N-dealkylation sites (N-methyl/N-ethyl adjacent to an activating group) is 1. The number of hydrogen-bond donors (Lipinski definition) is 1. The number of halogens is 3. The van der Waals surface area contributed by atoms with Crippen molar-refractivity contribution in [1.29, 1.82) is 0 Å². The minimum absolute atomic E-state index is 0.0305. The third kappa shape index (κ3) is 1.60. The highest BCUT2D eigenvalue weighted by atomic mass is 19.4. The van der Waals surface area contributed by atoms with Gasteiger partial charge in [0.2, 0.25) is 5.91 Å². The van der Waals surface area contributed by atoms with Crippen molar-refractivity contribution in [1.82, 2.24) is 0 Å². The number of benzene rings is 1. The van der Waals surface area contributed by atoms with Crippen LogP contribution in [0.2, 0.25) is 0 Å². The SMILES string of the molecule is CN1C(=O)CNc2c1cccc2C(F)(F)F. The van der Waals surface area contributed by atoms with E-state index in [2.05, 4.69) is 5.32 Å². The number of hydrogen-bond acceptors (Lipinski definition) is 2. The molecule has 1 heterocycles. The highest BCUT2D eigenvalue weighted by Gasteiger charge is 2.36. The molecule has 6 heteroatoms. The van der Waals surface area contributed by atoms with Gasteiger partial charge in [-0.25, -0.2) is 0 Å². The van der Waals surface area contributed by atoms with Gasteiger partial charge in [-0.2, -0.15) is 13.2 Å². The summed E-state index contributed by atoms with van der Waals surface area (Å²) in [5.74, 6) is -0.258. The van der Waals surface area contributed by atoms with E-state index in [-0.39, 0.29) is 23.8 Å². The van der Waals surface area contributed by atoms with E-state index >= 15 is 0 Å². The van der Waals surface area contributed by atoms with Crippen LogP contribution in [-0.4, -0.2) is 19.5 Å². The Balaban J connectivity index is 2.57. The molecule has 0 saturated heterocycles. The molecule has 0 aromatic heterocycles. The fraction of sp³-hybridized carbons (Fsp3) is 0.300. The fourth-order valence-corrected chi connectivity index (χ4v) is 1.66. The van der Waals surface area contributed by atoms with Crippen LogP contribution in [0.1, 0.15) is 5.56 Å². The van der Waals surface area contributed by atoms with Gasteiger partial charge in [-0.1, -0.05) is 6.07 Å². The molecule has 0 unspecified atom stereocenters. The Hall–Kier alpha value is -1.72. The first-order valence-corrected chi connectivity index (χ1v) is 4.62. The lowest BCUT2D eigenvalue weighted by Crippen LogP contribution is -2.37. The maximum absolute atomic E-state index is 12.7. The summed E-state index contributed by atoms with van der Waals surface area (Å²) in [5.41, 5.74) is -0.521. The highest BCUT2D eigenvalue weighted by molar-refractivity contribution is 6.02. The molecule has 1 aliphatic heterocycles. The van der Waals surface area contributed by atoms with Crippen molar-refractivity contribution in [2.24, 2.45) is 0 Å². The fourth-order valence-electron chi connectivity index (χ4n) is 1.66. The molecule has 0 atom stereocenters. The molecule has 16 heavy (non-hydrogen) atoms. The van der Waals surface area contributed by atoms with E-state index in [0.29, 0.717) is 0 Å². The summed E-state index contributed by atoms with van der Waals surface area (Å²) in [4.78, 5) is 12.5. The van der Waals surface area contributed by atoms with Gasteiger partial charge < -0.3 is 10.2 Å². The molecule has 86 valence electrons. The molecular weight excluding hydrogens is 221 g/mol. The number of carbonyl (C=O) groups is 1. The number of amides is 1. The van der Waals surface area contributed by atoms with Gasteiger partial charge in [0.1, 0.15) is 0 Å². The molecular formula is C10H9F3N2O. The number of nitrogens with zero attached hydrogens (tertiary/aromatic N) is 1.